The summed E-state index contributed by atoms with van der Waals surface area (Å²) in [6, 6.07) is 10.1. The Morgan fingerprint density at radius 2 is 1.69 bits per heavy atom. The number of hydrogen-bond donors (Lipinski definition) is 2. The first kappa shape index (κ1) is 23.8. The van der Waals surface area contributed by atoms with E-state index in [9.17, 15) is 14.0 Å². The van der Waals surface area contributed by atoms with E-state index >= 15 is 0 Å². The number of aromatic nitrogens is 1. The lowest BCUT2D eigenvalue weighted by molar-refractivity contribution is -0.151. The zero-order valence-corrected chi connectivity index (χ0v) is 20.8. The van der Waals surface area contributed by atoms with Crippen molar-refractivity contribution in [3.8, 4) is 0 Å². The van der Waals surface area contributed by atoms with Crippen LogP contribution in [0.5, 0.6) is 0 Å². The normalized spacial score (nSPS) is 32.5. The predicted molar refractivity (Wildman–Crippen MR) is 135 cm³/mol. The number of benzene rings is 1. The van der Waals surface area contributed by atoms with E-state index in [-0.39, 0.29) is 23.2 Å². The quantitative estimate of drug-likeness (QED) is 0.578. The number of nitrogens with two attached hydrogens (primary N) is 1. The lowest BCUT2D eigenvalue weighted by Crippen LogP contribution is -2.60. The van der Waals surface area contributed by atoms with Crippen LogP contribution in [0.15, 0.2) is 48.8 Å². The zero-order chi connectivity index (χ0) is 24.9. The number of carbonyl (C=O) groups excluding carboxylic acids is 2. The minimum absolute atomic E-state index is 0.0172. The third-order valence-electron chi connectivity index (χ3n) is 10.1. The molecule has 3 N–H and O–H groups in total. The van der Waals surface area contributed by atoms with Gasteiger partial charge in [0.2, 0.25) is 5.91 Å². The first-order valence-electron chi connectivity index (χ1n) is 13.6. The molecular formula is C30H36FN3O2. The van der Waals surface area contributed by atoms with E-state index in [2.05, 4.69) is 10.3 Å². The van der Waals surface area contributed by atoms with Gasteiger partial charge in [-0.25, -0.2) is 4.39 Å². The zero-order valence-electron chi connectivity index (χ0n) is 20.8. The van der Waals surface area contributed by atoms with Crippen molar-refractivity contribution in [3.63, 3.8) is 0 Å². The van der Waals surface area contributed by atoms with Crippen molar-refractivity contribution < 1.29 is 14.0 Å². The van der Waals surface area contributed by atoms with Gasteiger partial charge >= 0.3 is 0 Å². The Hall–Kier alpha value is -2.60. The van der Waals surface area contributed by atoms with Gasteiger partial charge in [0.25, 0.3) is 0 Å². The van der Waals surface area contributed by atoms with Gasteiger partial charge in [-0.15, -0.1) is 0 Å². The smallest absolute Gasteiger partial charge is 0.230 e. The molecule has 5 aliphatic rings. The maximum absolute atomic E-state index is 13.5. The van der Waals surface area contributed by atoms with Gasteiger partial charge < -0.3 is 11.1 Å². The number of nitrogens with one attached hydrogen (secondary N) is 1. The van der Waals surface area contributed by atoms with Crippen molar-refractivity contribution >= 4 is 11.7 Å². The SMILES string of the molecule is NC(CNC(=O)C1(c2ccc(F)cc2)CCC1)C1C2CC3CC1CC(C(=O)Cc1ccncc1)(C3)C2. The number of rotatable bonds is 8. The van der Waals surface area contributed by atoms with Crippen LogP contribution in [0.1, 0.15) is 62.5 Å². The van der Waals surface area contributed by atoms with Crippen molar-refractivity contribution in [3.05, 3.63) is 65.7 Å². The highest BCUT2D eigenvalue weighted by molar-refractivity contribution is 5.89. The average molecular weight is 490 g/mol. The molecule has 1 aromatic carbocycles. The van der Waals surface area contributed by atoms with Crippen LogP contribution in [-0.4, -0.2) is 29.3 Å². The van der Waals surface area contributed by atoms with Gasteiger partial charge in [-0.05, 0) is 104 Å². The molecule has 0 aliphatic heterocycles. The van der Waals surface area contributed by atoms with Gasteiger partial charge in [-0.2, -0.15) is 0 Å². The van der Waals surface area contributed by atoms with E-state index in [4.69, 9.17) is 5.73 Å². The highest BCUT2D eigenvalue weighted by Crippen LogP contribution is 2.63. The van der Waals surface area contributed by atoms with Gasteiger partial charge in [0.05, 0.1) is 5.41 Å². The molecule has 6 heteroatoms. The van der Waals surface area contributed by atoms with Crippen molar-refractivity contribution in [2.45, 2.75) is 69.2 Å². The second-order valence-corrected chi connectivity index (χ2v) is 12.1. The van der Waals surface area contributed by atoms with Crippen LogP contribution in [-0.2, 0) is 21.4 Å². The van der Waals surface area contributed by atoms with Crippen LogP contribution in [0.25, 0.3) is 0 Å². The monoisotopic (exact) mass is 489 g/mol. The number of hydrogen-bond acceptors (Lipinski definition) is 4. The van der Waals surface area contributed by atoms with Crippen molar-refractivity contribution in [2.24, 2.45) is 34.8 Å². The molecule has 1 amide bonds. The molecule has 1 aromatic heterocycles. The van der Waals surface area contributed by atoms with Gasteiger partial charge in [0.1, 0.15) is 11.6 Å². The molecule has 36 heavy (non-hydrogen) atoms. The molecule has 3 unspecified atom stereocenters. The maximum atomic E-state index is 13.5. The number of halogens is 1. The third-order valence-corrected chi connectivity index (χ3v) is 10.1. The minimum atomic E-state index is -0.555. The maximum Gasteiger partial charge on any atom is 0.230 e. The van der Waals surface area contributed by atoms with Crippen LogP contribution < -0.4 is 11.1 Å². The summed E-state index contributed by atoms with van der Waals surface area (Å²) in [6.07, 6.45) is 11.8. The van der Waals surface area contributed by atoms with Gasteiger partial charge in [0, 0.05) is 36.8 Å². The van der Waals surface area contributed by atoms with Crippen LogP contribution in [0.3, 0.4) is 0 Å². The summed E-state index contributed by atoms with van der Waals surface area (Å²) in [5, 5.41) is 3.18. The highest BCUT2D eigenvalue weighted by atomic mass is 19.1. The number of nitrogens with zero attached hydrogens (tertiary/aromatic N) is 1. The Labute approximate surface area is 212 Å². The van der Waals surface area contributed by atoms with Crippen LogP contribution in [0.2, 0.25) is 0 Å². The van der Waals surface area contributed by atoms with Gasteiger partial charge in [0.15, 0.2) is 0 Å². The molecule has 5 aliphatic carbocycles. The Kier molecular flexibility index (Phi) is 5.98. The Morgan fingerprint density at radius 3 is 2.31 bits per heavy atom. The summed E-state index contributed by atoms with van der Waals surface area (Å²) in [4.78, 5) is 30.9. The summed E-state index contributed by atoms with van der Waals surface area (Å²) in [5.41, 5.74) is 7.99. The Morgan fingerprint density at radius 1 is 1.03 bits per heavy atom. The average Bonchev–Trinajstić information content (AvgIpc) is 2.83. The van der Waals surface area contributed by atoms with Gasteiger partial charge in [-0.3, -0.25) is 14.6 Å². The highest BCUT2D eigenvalue weighted by Gasteiger charge is 2.58. The topological polar surface area (TPSA) is 85.1 Å². The number of pyridine rings is 1. The lowest BCUT2D eigenvalue weighted by atomic mass is 9.44. The Balaban J connectivity index is 1.11. The fraction of sp³-hybridized carbons (Fsp3) is 0.567. The van der Waals surface area contributed by atoms with E-state index in [0.29, 0.717) is 42.4 Å². The standard InChI is InChI=1S/C30H36FN3O2/c31-24-4-2-23(3-5-24)30(8-1-9-30)28(36)34-18-25(32)27-21-12-20-13-22(27)17-29(15-20,16-21)26(35)14-19-6-10-33-11-7-19/h2-7,10-11,20-22,25,27H,1,8-9,12-18,32H2,(H,34,36). The predicted octanol–water partition coefficient (Wildman–Crippen LogP) is 4.34. The fourth-order valence-electron chi connectivity index (χ4n) is 8.44. The first-order valence-corrected chi connectivity index (χ1v) is 13.6. The summed E-state index contributed by atoms with van der Waals surface area (Å²) < 4.78 is 13.4. The van der Waals surface area contributed by atoms with Gasteiger partial charge in [-0.1, -0.05) is 18.6 Å². The summed E-state index contributed by atoms with van der Waals surface area (Å²) >= 11 is 0. The van der Waals surface area contributed by atoms with Crippen LogP contribution in [0, 0.1) is 34.9 Å². The number of carbonyl (C=O) groups is 2. The second-order valence-electron chi connectivity index (χ2n) is 12.1. The first-order chi connectivity index (χ1) is 17.4. The molecular weight excluding hydrogens is 453 g/mol. The molecule has 7 rings (SSSR count). The molecule has 3 atom stereocenters. The molecule has 5 nitrogen and oxygen atoms in total. The van der Waals surface area contributed by atoms with E-state index in [1.807, 2.05) is 12.1 Å². The molecule has 0 radical (unpaired) electrons. The van der Waals surface area contributed by atoms with E-state index < -0.39 is 5.41 Å². The van der Waals surface area contributed by atoms with E-state index in [1.165, 1.54) is 12.1 Å². The molecule has 4 bridgehead atoms. The fourth-order valence-corrected chi connectivity index (χ4v) is 8.44. The summed E-state index contributed by atoms with van der Waals surface area (Å²) in [5.74, 6) is 2.02. The second kappa shape index (κ2) is 9.05. The third kappa shape index (κ3) is 3.98. The van der Waals surface area contributed by atoms with E-state index in [1.54, 1.807) is 24.5 Å². The minimum Gasteiger partial charge on any atom is -0.354 e. The molecule has 2 aromatic rings. The largest absolute Gasteiger partial charge is 0.354 e. The van der Waals surface area contributed by atoms with Crippen LogP contribution >= 0.6 is 0 Å². The van der Waals surface area contributed by atoms with Crippen molar-refractivity contribution in [2.75, 3.05) is 6.54 Å². The number of ketones is 1. The van der Waals surface area contributed by atoms with Crippen LogP contribution in [0.4, 0.5) is 4.39 Å². The molecule has 1 heterocycles. The summed E-state index contributed by atoms with van der Waals surface area (Å²) in [6.45, 7) is 0.460. The number of amides is 1. The molecule has 5 fully saturated rings. The molecule has 0 spiro atoms. The van der Waals surface area contributed by atoms with Crippen molar-refractivity contribution in [1.82, 2.24) is 10.3 Å². The molecule has 5 saturated carbocycles. The summed E-state index contributed by atoms with van der Waals surface area (Å²) in [7, 11) is 0. The van der Waals surface area contributed by atoms with E-state index in [0.717, 1.165) is 62.5 Å². The lowest BCUT2D eigenvalue weighted by Gasteiger charge is -2.60. The molecule has 190 valence electrons. The Bertz CT molecular complexity index is 1110. The van der Waals surface area contributed by atoms with Crippen molar-refractivity contribution in [1.29, 1.82) is 0 Å². The number of Topliss-reactive ketones (excluding diaryl/α,β-unsaturated/α-hetero) is 1. The molecule has 0 saturated heterocycles.